The molecule has 0 atom stereocenters. The van der Waals surface area contributed by atoms with Gasteiger partial charge in [-0.05, 0) is 48.0 Å². The Morgan fingerprint density at radius 1 is 1.08 bits per heavy atom. The van der Waals surface area contributed by atoms with Gasteiger partial charge in [0.15, 0.2) is 0 Å². The Kier molecular flexibility index (Phi) is 4.42. The summed E-state index contributed by atoms with van der Waals surface area (Å²) in [7, 11) is 0. The molecule has 1 N–H and O–H groups in total. The molecule has 5 heteroatoms. The number of nitrogens with zero attached hydrogens (tertiary/aromatic N) is 1. The molecule has 0 bridgehead atoms. The topological polar surface area (TPSA) is 51.2 Å². The van der Waals surface area contributed by atoms with E-state index in [1.807, 2.05) is 54.6 Å². The van der Waals surface area contributed by atoms with Gasteiger partial charge >= 0.3 is 0 Å². The van der Waals surface area contributed by atoms with Crippen molar-refractivity contribution in [1.82, 2.24) is 4.98 Å². The summed E-state index contributed by atoms with van der Waals surface area (Å²) in [4.78, 5) is 16.5. The minimum atomic E-state index is -0.137. The van der Waals surface area contributed by atoms with Crippen molar-refractivity contribution < 1.29 is 9.53 Å². The van der Waals surface area contributed by atoms with Crippen molar-refractivity contribution in [3.05, 3.63) is 88.7 Å². The van der Waals surface area contributed by atoms with Crippen molar-refractivity contribution in [1.29, 1.82) is 0 Å². The molecule has 1 amide bonds. The highest BCUT2D eigenvalue weighted by molar-refractivity contribution is 6.36. The average molecular weight is 363 g/mol. The van der Waals surface area contributed by atoms with Gasteiger partial charge in [0.2, 0.25) is 0 Å². The van der Waals surface area contributed by atoms with E-state index in [0.717, 1.165) is 28.3 Å². The molecule has 1 aliphatic rings. The van der Waals surface area contributed by atoms with Gasteiger partial charge in [0, 0.05) is 22.4 Å². The maximum atomic E-state index is 12.3. The van der Waals surface area contributed by atoms with E-state index in [0.29, 0.717) is 17.2 Å². The monoisotopic (exact) mass is 362 g/mol. The molecule has 2 aromatic carbocycles. The van der Waals surface area contributed by atoms with E-state index in [1.54, 1.807) is 18.3 Å². The number of rotatable bonds is 4. The molecule has 0 saturated heterocycles. The zero-order valence-electron chi connectivity index (χ0n) is 13.8. The van der Waals surface area contributed by atoms with E-state index in [2.05, 4.69) is 10.3 Å². The second-order valence-electron chi connectivity index (χ2n) is 5.88. The zero-order valence-corrected chi connectivity index (χ0v) is 14.5. The van der Waals surface area contributed by atoms with E-state index in [4.69, 9.17) is 16.3 Å². The van der Waals surface area contributed by atoms with Crippen LogP contribution in [0.3, 0.4) is 0 Å². The van der Waals surface area contributed by atoms with Crippen molar-refractivity contribution in [3.63, 3.8) is 0 Å². The molecule has 4 rings (SSSR count). The third-order valence-electron chi connectivity index (χ3n) is 4.05. The number of nitrogens with one attached hydrogen (secondary N) is 1. The lowest BCUT2D eigenvalue weighted by Gasteiger charge is -2.06. The molecule has 0 fully saturated rings. The van der Waals surface area contributed by atoms with Gasteiger partial charge in [-0.3, -0.25) is 9.78 Å². The summed E-state index contributed by atoms with van der Waals surface area (Å²) in [5.74, 6) is 0.585. The van der Waals surface area contributed by atoms with Crippen LogP contribution in [-0.2, 0) is 11.4 Å². The normalized spacial score (nSPS) is 14.2. The molecule has 0 aliphatic carbocycles. The van der Waals surface area contributed by atoms with Crippen LogP contribution >= 0.6 is 11.6 Å². The van der Waals surface area contributed by atoms with Gasteiger partial charge in [0.1, 0.15) is 12.4 Å². The maximum absolute atomic E-state index is 12.3. The highest BCUT2D eigenvalue weighted by atomic mass is 35.5. The first-order valence-corrected chi connectivity index (χ1v) is 8.52. The van der Waals surface area contributed by atoms with Crippen LogP contribution in [0.2, 0.25) is 5.02 Å². The van der Waals surface area contributed by atoms with Crippen LogP contribution in [0.25, 0.3) is 11.6 Å². The standard InChI is InChI=1S/C21H15ClN2O2/c22-15-7-8-18-19(21(25)24-20(18)12-15)11-14-4-3-6-17(10-14)26-13-16-5-1-2-9-23-16/h1-12H,13H2,(H,24,25)/b19-11-. The SMILES string of the molecule is O=C1Nc2cc(Cl)ccc2/C1=C/c1cccc(OCc2ccccn2)c1. The maximum Gasteiger partial charge on any atom is 0.256 e. The minimum Gasteiger partial charge on any atom is -0.487 e. The summed E-state index contributed by atoms with van der Waals surface area (Å²) in [5.41, 5.74) is 3.93. The second kappa shape index (κ2) is 7.02. The van der Waals surface area contributed by atoms with Crippen LogP contribution in [0, 0.1) is 0 Å². The van der Waals surface area contributed by atoms with E-state index in [9.17, 15) is 4.79 Å². The zero-order chi connectivity index (χ0) is 17.9. The van der Waals surface area contributed by atoms with Gasteiger partial charge in [0.25, 0.3) is 5.91 Å². The molecule has 1 aromatic heterocycles. The van der Waals surface area contributed by atoms with E-state index >= 15 is 0 Å². The van der Waals surface area contributed by atoms with Crippen LogP contribution < -0.4 is 10.1 Å². The third kappa shape index (κ3) is 3.46. The minimum absolute atomic E-state index is 0.137. The number of carbonyl (C=O) groups excluding carboxylic acids is 1. The lowest BCUT2D eigenvalue weighted by Crippen LogP contribution is -2.03. The van der Waals surface area contributed by atoms with Crippen molar-refractivity contribution in [2.24, 2.45) is 0 Å². The Morgan fingerprint density at radius 2 is 2.00 bits per heavy atom. The smallest absolute Gasteiger partial charge is 0.256 e. The second-order valence-corrected chi connectivity index (χ2v) is 6.32. The van der Waals surface area contributed by atoms with Crippen molar-refractivity contribution in [3.8, 4) is 5.75 Å². The number of ether oxygens (including phenoxy) is 1. The van der Waals surface area contributed by atoms with Gasteiger partial charge in [-0.2, -0.15) is 0 Å². The summed E-state index contributed by atoms with van der Waals surface area (Å²) >= 11 is 5.99. The third-order valence-corrected chi connectivity index (χ3v) is 4.28. The van der Waals surface area contributed by atoms with Crippen LogP contribution in [0.4, 0.5) is 5.69 Å². The molecule has 0 saturated carbocycles. The molecule has 0 spiro atoms. The first-order valence-electron chi connectivity index (χ1n) is 8.15. The molecular weight excluding hydrogens is 348 g/mol. The Labute approximate surface area is 156 Å². The van der Waals surface area contributed by atoms with Gasteiger partial charge in [-0.15, -0.1) is 0 Å². The summed E-state index contributed by atoms with van der Waals surface area (Å²) in [5, 5.41) is 3.43. The molecular formula is C21H15ClN2O2. The summed E-state index contributed by atoms with van der Waals surface area (Å²) in [6, 6.07) is 18.7. The molecule has 4 nitrogen and oxygen atoms in total. The number of halogens is 1. The van der Waals surface area contributed by atoms with Crippen LogP contribution in [0.1, 0.15) is 16.8 Å². The highest BCUT2D eigenvalue weighted by Gasteiger charge is 2.24. The van der Waals surface area contributed by atoms with Crippen LogP contribution in [0.5, 0.6) is 5.75 Å². The fourth-order valence-electron chi connectivity index (χ4n) is 2.81. The Bertz CT molecular complexity index is 1000. The van der Waals surface area contributed by atoms with E-state index in [1.165, 1.54) is 0 Å². The van der Waals surface area contributed by atoms with E-state index < -0.39 is 0 Å². The molecule has 0 unspecified atom stereocenters. The average Bonchev–Trinajstić information content (AvgIpc) is 2.96. The molecule has 1 aliphatic heterocycles. The predicted octanol–water partition coefficient (Wildman–Crippen LogP) is 4.81. The fraction of sp³-hybridized carbons (Fsp3) is 0.0476. The van der Waals surface area contributed by atoms with Crippen LogP contribution in [0.15, 0.2) is 66.9 Å². The summed E-state index contributed by atoms with van der Waals surface area (Å²) in [6.07, 6.45) is 3.59. The first-order chi connectivity index (χ1) is 12.7. The number of hydrogen-bond acceptors (Lipinski definition) is 3. The number of fused-ring (bicyclic) bond motifs is 1. The molecule has 26 heavy (non-hydrogen) atoms. The number of carbonyl (C=O) groups is 1. The quantitative estimate of drug-likeness (QED) is 0.678. The Hall–Kier alpha value is -3.11. The van der Waals surface area contributed by atoms with Gasteiger partial charge < -0.3 is 10.1 Å². The number of aromatic nitrogens is 1. The molecule has 3 aromatic rings. The lowest BCUT2D eigenvalue weighted by atomic mass is 10.0. The number of pyridine rings is 1. The molecule has 128 valence electrons. The number of hydrogen-bond donors (Lipinski definition) is 1. The van der Waals surface area contributed by atoms with E-state index in [-0.39, 0.29) is 5.91 Å². The lowest BCUT2D eigenvalue weighted by molar-refractivity contribution is -0.110. The number of benzene rings is 2. The van der Waals surface area contributed by atoms with Crippen molar-refractivity contribution in [2.45, 2.75) is 6.61 Å². The Morgan fingerprint density at radius 3 is 2.85 bits per heavy atom. The van der Waals surface area contributed by atoms with Crippen molar-refractivity contribution in [2.75, 3.05) is 5.32 Å². The summed E-state index contributed by atoms with van der Waals surface area (Å²) in [6.45, 7) is 0.392. The highest BCUT2D eigenvalue weighted by Crippen LogP contribution is 2.35. The largest absolute Gasteiger partial charge is 0.487 e. The number of anilines is 1. The Balaban J connectivity index is 1.57. The number of amides is 1. The van der Waals surface area contributed by atoms with Crippen LogP contribution in [-0.4, -0.2) is 10.9 Å². The van der Waals surface area contributed by atoms with Gasteiger partial charge in [-0.25, -0.2) is 0 Å². The first kappa shape index (κ1) is 16.4. The predicted molar refractivity (Wildman–Crippen MR) is 103 cm³/mol. The fourth-order valence-corrected chi connectivity index (χ4v) is 2.98. The summed E-state index contributed by atoms with van der Waals surface area (Å²) < 4.78 is 5.80. The van der Waals surface area contributed by atoms with Gasteiger partial charge in [0.05, 0.1) is 11.4 Å². The molecule has 0 radical (unpaired) electrons. The van der Waals surface area contributed by atoms with Crippen molar-refractivity contribution >= 4 is 34.8 Å². The molecule has 2 heterocycles. The van der Waals surface area contributed by atoms with Gasteiger partial charge in [-0.1, -0.05) is 35.9 Å².